The maximum atomic E-state index is 13.3. The average molecular weight is 567 g/mol. The number of ether oxygens (including phenoxy) is 4. The van der Waals surface area contributed by atoms with Gasteiger partial charge in [-0.15, -0.1) is 0 Å². The second kappa shape index (κ2) is 13.7. The second-order valence-electron chi connectivity index (χ2n) is 9.93. The predicted octanol–water partition coefficient (Wildman–Crippen LogP) is 4.16. The van der Waals surface area contributed by atoms with Crippen molar-refractivity contribution in [2.24, 2.45) is 0 Å². The third-order valence-corrected chi connectivity index (χ3v) is 6.46. The van der Waals surface area contributed by atoms with Crippen molar-refractivity contribution in [2.75, 3.05) is 26.9 Å². The van der Waals surface area contributed by atoms with Crippen molar-refractivity contribution in [3.63, 3.8) is 0 Å². The van der Waals surface area contributed by atoms with E-state index in [0.717, 1.165) is 11.8 Å². The van der Waals surface area contributed by atoms with Crippen molar-refractivity contribution in [2.45, 2.75) is 45.6 Å². The van der Waals surface area contributed by atoms with E-state index in [1.165, 1.54) is 25.3 Å². The number of nitro groups is 1. The Hall–Kier alpha value is -4.51. The smallest absolute Gasteiger partial charge is 0.336 e. The number of methoxy groups -OCH3 is 1. The van der Waals surface area contributed by atoms with Crippen LogP contribution in [0.3, 0.4) is 0 Å². The molecule has 11 heteroatoms. The number of esters is 2. The van der Waals surface area contributed by atoms with Gasteiger partial charge in [-0.3, -0.25) is 10.1 Å². The minimum absolute atomic E-state index is 0.0711. The maximum absolute atomic E-state index is 13.3. The summed E-state index contributed by atoms with van der Waals surface area (Å²) >= 11 is 0. The van der Waals surface area contributed by atoms with E-state index >= 15 is 0 Å². The van der Waals surface area contributed by atoms with Crippen molar-refractivity contribution >= 4 is 23.9 Å². The fourth-order valence-electron chi connectivity index (χ4n) is 4.39. The fourth-order valence-corrected chi connectivity index (χ4v) is 4.39. The third kappa shape index (κ3) is 8.01. The summed E-state index contributed by atoms with van der Waals surface area (Å²) in [5.41, 5.74) is 1.60. The van der Waals surface area contributed by atoms with Crippen molar-refractivity contribution in [1.82, 2.24) is 5.32 Å². The molecule has 0 saturated carbocycles. The van der Waals surface area contributed by atoms with Crippen LogP contribution in [0.4, 0.5) is 5.69 Å². The van der Waals surface area contributed by atoms with Crippen molar-refractivity contribution in [3.8, 4) is 5.75 Å². The monoisotopic (exact) mass is 566 g/mol. The Morgan fingerprint density at radius 1 is 1.00 bits per heavy atom. The molecule has 1 heterocycles. The number of carbonyl (C=O) groups is 3. The summed E-state index contributed by atoms with van der Waals surface area (Å²) < 4.78 is 21.7. The molecular weight excluding hydrogens is 532 g/mol. The lowest BCUT2D eigenvalue weighted by Crippen LogP contribution is -2.32. The molecule has 1 N–H and O–H groups in total. The summed E-state index contributed by atoms with van der Waals surface area (Å²) in [5.74, 6) is -1.73. The average Bonchev–Trinajstić information content (AvgIpc) is 2.95. The Kier molecular flexibility index (Phi) is 10.4. The maximum Gasteiger partial charge on any atom is 0.336 e. The minimum Gasteiger partial charge on any atom is -0.490 e. The number of hydrogen-bond acceptors (Lipinski definition) is 10. The lowest BCUT2D eigenvalue weighted by atomic mass is 9.80. The van der Waals surface area contributed by atoms with Crippen LogP contribution < -0.4 is 10.1 Å². The number of nitro benzene ring substituents is 1. The lowest BCUT2D eigenvalue weighted by Gasteiger charge is -2.30. The van der Waals surface area contributed by atoms with Gasteiger partial charge >= 0.3 is 11.9 Å². The molecule has 1 aliphatic heterocycles. The number of nitrogens with one attached hydrogen (secondary N) is 1. The summed E-state index contributed by atoms with van der Waals surface area (Å²) in [6.45, 7) is 7.13. The van der Waals surface area contributed by atoms with Gasteiger partial charge in [0.2, 0.25) is 0 Å². The van der Waals surface area contributed by atoms with E-state index in [1.54, 1.807) is 45.9 Å². The highest BCUT2D eigenvalue weighted by molar-refractivity contribution is 5.99. The summed E-state index contributed by atoms with van der Waals surface area (Å²) in [4.78, 5) is 47.9. The number of non-ortho nitro benzene ring substituents is 1. The molecule has 1 unspecified atom stereocenters. The van der Waals surface area contributed by atoms with E-state index in [9.17, 15) is 24.5 Å². The van der Waals surface area contributed by atoms with Crippen molar-refractivity contribution < 1.29 is 38.3 Å². The number of rotatable bonds is 13. The van der Waals surface area contributed by atoms with Crippen LogP contribution in [-0.2, 0) is 35.0 Å². The Labute approximate surface area is 238 Å². The van der Waals surface area contributed by atoms with Crippen molar-refractivity contribution in [1.29, 1.82) is 0 Å². The highest BCUT2D eigenvalue weighted by Gasteiger charge is 2.38. The molecule has 1 aliphatic rings. The van der Waals surface area contributed by atoms with E-state index in [4.69, 9.17) is 18.9 Å². The van der Waals surface area contributed by atoms with Gasteiger partial charge in [0.05, 0.1) is 35.7 Å². The van der Waals surface area contributed by atoms with Gasteiger partial charge < -0.3 is 29.1 Å². The van der Waals surface area contributed by atoms with Gasteiger partial charge in [0, 0.05) is 23.5 Å². The van der Waals surface area contributed by atoms with Crippen LogP contribution in [0, 0.1) is 10.1 Å². The van der Waals surface area contributed by atoms with Crippen LogP contribution in [0.15, 0.2) is 71.1 Å². The number of benzene rings is 2. The van der Waals surface area contributed by atoms with Crippen LogP contribution in [0.25, 0.3) is 0 Å². The highest BCUT2D eigenvalue weighted by atomic mass is 16.6. The fraction of sp³-hybridized carbons (Fsp3) is 0.367. The topological polar surface area (TPSA) is 143 Å². The summed E-state index contributed by atoms with van der Waals surface area (Å²) in [7, 11) is 1.22. The molecule has 2 aromatic rings. The number of dihydropyridines is 1. The van der Waals surface area contributed by atoms with Gasteiger partial charge in [-0.1, -0.05) is 24.3 Å². The zero-order valence-electron chi connectivity index (χ0n) is 23.7. The molecular formula is C30H34N2O9. The van der Waals surface area contributed by atoms with E-state index in [0.29, 0.717) is 35.7 Å². The first-order chi connectivity index (χ1) is 19.5. The Morgan fingerprint density at radius 2 is 1.66 bits per heavy atom. The molecule has 0 spiro atoms. The number of carbonyl (C=O) groups excluding carboxylic acids is 3. The van der Waals surface area contributed by atoms with Crippen LogP contribution in [0.5, 0.6) is 5.75 Å². The molecule has 0 saturated heterocycles. The molecule has 0 aromatic heterocycles. The van der Waals surface area contributed by atoms with Gasteiger partial charge in [0.1, 0.15) is 24.6 Å². The summed E-state index contributed by atoms with van der Waals surface area (Å²) in [6, 6.07) is 13.1. The van der Waals surface area contributed by atoms with Gasteiger partial charge in [-0.05, 0) is 57.4 Å². The van der Waals surface area contributed by atoms with Crippen LogP contribution in [0.1, 0.15) is 44.7 Å². The van der Waals surface area contributed by atoms with E-state index in [-0.39, 0.29) is 30.0 Å². The minimum atomic E-state index is -0.939. The number of aldehydes is 1. The third-order valence-electron chi connectivity index (χ3n) is 6.46. The molecule has 41 heavy (non-hydrogen) atoms. The highest BCUT2D eigenvalue weighted by Crippen LogP contribution is 2.40. The predicted molar refractivity (Wildman–Crippen MR) is 149 cm³/mol. The standard InChI is InChI=1S/C30H34N2O9/c1-19-25(28(34)38-5)27(22-7-6-8-23(17-22)32(36)37)26(20(2)31-19)29(35)40-16-15-39-24-11-9-21(10-12-24)13-14-41-30(3,4)18-33/h6-12,17-18,27,31H,13-16H2,1-5H3. The second-order valence-corrected chi connectivity index (χ2v) is 9.93. The first kappa shape index (κ1) is 31.0. The molecule has 0 aliphatic carbocycles. The lowest BCUT2D eigenvalue weighted by molar-refractivity contribution is -0.384. The van der Waals surface area contributed by atoms with Crippen LogP contribution in [-0.4, -0.2) is 55.7 Å². The number of hydrogen-bond donors (Lipinski definition) is 1. The molecule has 0 radical (unpaired) electrons. The molecule has 1 atom stereocenters. The Balaban J connectivity index is 1.67. The number of nitrogens with zero attached hydrogens (tertiary/aromatic N) is 1. The number of allylic oxidation sites excluding steroid dienone is 2. The molecule has 0 fully saturated rings. The Morgan fingerprint density at radius 3 is 2.27 bits per heavy atom. The Bertz CT molecular complexity index is 1360. The first-order valence-corrected chi connectivity index (χ1v) is 13.0. The zero-order valence-corrected chi connectivity index (χ0v) is 23.7. The zero-order chi connectivity index (χ0) is 30.2. The van der Waals surface area contributed by atoms with Crippen molar-refractivity contribution in [3.05, 3.63) is 92.3 Å². The molecule has 218 valence electrons. The molecule has 0 amide bonds. The van der Waals surface area contributed by atoms with Gasteiger partial charge in [0.15, 0.2) is 6.29 Å². The SMILES string of the molecule is COC(=O)C1=C(C)NC(C)=C(C(=O)OCCOc2ccc(CCOC(C)(C)C=O)cc2)C1c1cccc([N+](=O)[O-])c1. The summed E-state index contributed by atoms with van der Waals surface area (Å²) in [5, 5.41) is 14.4. The molecule has 3 rings (SSSR count). The largest absolute Gasteiger partial charge is 0.490 e. The van der Waals surface area contributed by atoms with E-state index < -0.39 is 28.4 Å². The van der Waals surface area contributed by atoms with Gasteiger partial charge in [-0.25, -0.2) is 9.59 Å². The van der Waals surface area contributed by atoms with Crippen LogP contribution in [0.2, 0.25) is 0 Å². The molecule has 11 nitrogen and oxygen atoms in total. The quantitative estimate of drug-likeness (QED) is 0.123. The first-order valence-electron chi connectivity index (χ1n) is 13.0. The normalized spacial score (nSPS) is 15.2. The van der Waals surface area contributed by atoms with E-state index in [1.807, 2.05) is 12.1 Å². The molecule has 0 bridgehead atoms. The van der Waals surface area contributed by atoms with Gasteiger partial charge in [0.25, 0.3) is 5.69 Å². The van der Waals surface area contributed by atoms with E-state index in [2.05, 4.69) is 5.32 Å². The van der Waals surface area contributed by atoms with Gasteiger partial charge in [-0.2, -0.15) is 0 Å². The molecule has 2 aromatic carbocycles. The summed E-state index contributed by atoms with van der Waals surface area (Å²) in [6.07, 6.45) is 1.40. The van der Waals surface area contributed by atoms with Crippen LogP contribution >= 0.6 is 0 Å².